The molecule has 1 aromatic carbocycles. The van der Waals surface area contributed by atoms with Gasteiger partial charge in [-0.1, -0.05) is 24.2 Å². The number of primary amides is 1. The van der Waals surface area contributed by atoms with Crippen molar-refractivity contribution in [2.24, 2.45) is 5.73 Å². The zero-order valence-corrected chi connectivity index (χ0v) is 16.6. The zero-order chi connectivity index (χ0) is 21.6. The second-order valence-corrected chi connectivity index (χ2v) is 7.59. The van der Waals surface area contributed by atoms with Crippen molar-refractivity contribution in [3.63, 3.8) is 0 Å². The molecule has 1 amide bonds. The van der Waals surface area contributed by atoms with Crippen LogP contribution in [0.25, 0.3) is 16.8 Å². The summed E-state index contributed by atoms with van der Waals surface area (Å²) in [6.45, 7) is 5.66. The highest BCUT2D eigenvalue weighted by Gasteiger charge is 2.44. The lowest BCUT2D eigenvalue weighted by Crippen LogP contribution is -2.39. The number of hydrogen-bond acceptors (Lipinski definition) is 4. The van der Waals surface area contributed by atoms with E-state index < -0.39 is 23.0 Å². The monoisotopic (exact) mass is 427 g/mol. The lowest BCUT2D eigenvalue weighted by atomic mass is 9.82. The Balaban J connectivity index is 1.99. The first kappa shape index (κ1) is 20.0. The van der Waals surface area contributed by atoms with Gasteiger partial charge in [0.15, 0.2) is 0 Å². The van der Waals surface area contributed by atoms with Gasteiger partial charge in [-0.15, -0.1) is 0 Å². The fourth-order valence-corrected chi connectivity index (χ4v) is 3.48. The van der Waals surface area contributed by atoms with Crippen LogP contribution in [0.4, 0.5) is 8.78 Å². The van der Waals surface area contributed by atoms with Crippen LogP contribution >= 0.6 is 11.6 Å². The van der Waals surface area contributed by atoms with E-state index in [2.05, 4.69) is 16.5 Å². The number of fused-ring (bicyclic) bond motifs is 1. The minimum absolute atomic E-state index is 0.0360. The Kier molecular flexibility index (Phi) is 4.78. The number of nitrogens with zero attached hydrogens (tertiary/aromatic N) is 2. The van der Waals surface area contributed by atoms with Gasteiger partial charge in [-0.3, -0.25) is 9.78 Å². The topological polar surface area (TPSA) is 78.1 Å². The van der Waals surface area contributed by atoms with E-state index in [0.717, 1.165) is 6.07 Å². The average molecular weight is 428 g/mol. The Hall–Kier alpha value is -3.32. The fourth-order valence-electron chi connectivity index (χ4n) is 3.32. The third-order valence-corrected chi connectivity index (χ3v) is 5.49. The summed E-state index contributed by atoms with van der Waals surface area (Å²) in [5, 5.41) is -0.269. The summed E-state index contributed by atoms with van der Waals surface area (Å²) in [5.41, 5.74) is 6.49. The lowest BCUT2D eigenvalue weighted by Gasteiger charge is -2.19. The molecule has 0 radical (unpaired) electrons. The highest BCUT2D eigenvalue weighted by Crippen LogP contribution is 2.46. The van der Waals surface area contributed by atoms with Crippen molar-refractivity contribution < 1.29 is 18.3 Å². The molecular weight excluding hydrogens is 412 g/mol. The van der Waals surface area contributed by atoms with Crippen LogP contribution in [0.5, 0.6) is 5.75 Å². The third kappa shape index (κ3) is 3.11. The molecule has 30 heavy (non-hydrogen) atoms. The molecule has 0 bridgehead atoms. The van der Waals surface area contributed by atoms with Crippen molar-refractivity contribution in [2.75, 3.05) is 6.61 Å². The molecule has 0 fully saturated rings. The number of rotatable bonds is 4. The van der Waals surface area contributed by atoms with E-state index in [-0.39, 0.29) is 28.6 Å². The number of nitrogens with two attached hydrogens (primary N) is 1. The molecule has 1 aliphatic heterocycles. The highest BCUT2D eigenvalue weighted by molar-refractivity contribution is 6.31. The number of aromatic nitrogens is 2. The number of hydrogen-bond donors (Lipinski definition) is 1. The predicted molar refractivity (Wildman–Crippen MR) is 109 cm³/mol. The minimum Gasteiger partial charge on any atom is -0.489 e. The van der Waals surface area contributed by atoms with Gasteiger partial charge in [0.25, 0.3) is 0 Å². The molecular formula is C22H16ClF2N3O2. The van der Waals surface area contributed by atoms with Crippen molar-refractivity contribution in [2.45, 2.75) is 12.3 Å². The van der Waals surface area contributed by atoms with Crippen LogP contribution in [0.15, 0.2) is 49.3 Å². The summed E-state index contributed by atoms with van der Waals surface area (Å²) in [6, 6.07) is 6.99. The fraction of sp³-hybridized carbons (Fsp3) is 0.136. The summed E-state index contributed by atoms with van der Waals surface area (Å²) < 4.78 is 34.1. The summed E-state index contributed by atoms with van der Waals surface area (Å²) in [4.78, 5) is 20.8. The first-order valence-electron chi connectivity index (χ1n) is 8.95. The van der Waals surface area contributed by atoms with E-state index in [4.69, 9.17) is 22.1 Å². The van der Waals surface area contributed by atoms with E-state index in [9.17, 15) is 13.6 Å². The largest absolute Gasteiger partial charge is 0.489 e. The van der Waals surface area contributed by atoms with Gasteiger partial charge in [-0.25, -0.2) is 13.8 Å². The van der Waals surface area contributed by atoms with E-state index in [1.165, 1.54) is 0 Å². The van der Waals surface area contributed by atoms with Crippen molar-refractivity contribution in [1.29, 1.82) is 0 Å². The van der Waals surface area contributed by atoms with Crippen LogP contribution < -0.4 is 10.5 Å². The molecule has 2 aromatic heterocycles. The molecule has 152 valence electrons. The molecule has 0 spiro atoms. The van der Waals surface area contributed by atoms with Crippen LogP contribution in [0, 0.1) is 11.6 Å². The van der Waals surface area contributed by atoms with Crippen molar-refractivity contribution in [3.8, 4) is 17.0 Å². The van der Waals surface area contributed by atoms with E-state index in [0.29, 0.717) is 28.5 Å². The second-order valence-electron chi connectivity index (χ2n) is 7.18. The van der Waals surface area contributed by atoms with Gasteiger partial charge < -0.3 is 10.5 Å². The van der Waals surface area contributed by atoms with Crippen LogP contribution in [-0.2, 0) is 10.2 Å². The van der Waals surface area contributed by atoms with Gasteiger partial charge in [0.05, 0.1) is 10.7 Å². The molecule has 0 saturated heterocycles. The zero-order valence-electron chi connectivity index (χ0n) is 15.9. The molecule has 1 aliphatic rings. The molecule has 0 aliphatic carbocycles. The number of halogens is 3. The normalized spacial score (nSPS) is 17.3. The number of amides is 1. The average Bonchev–Trinajstić information content (AvgIpc) is 3.08. The molecule has 3 aromatic rings. The van der Waals surface area contributed by atoms with Gasteiger partial charge in [-0.05, 0) is 25.1 Å². The smallest absolute Gasteiger partial charge is 0.231 e. The summed E-state index contributed by atoms with van der Waals surface area (Å²) in [5.74, 6) is -2.17. The number of benzene rings is 1. The molecule has 1 atom stereocenters. The van der Waals surface area contributed by atoms with Crippen LogP contribution in [-0.4, -0.2) is 22.5 Å². The lowest BCUT2D eigenvalue weighted by molar-refractivity contribution is -0.123. The molecule has 0 unspecified atom stereocenters. The molecule has 2 N–H and O–H groups in total. The van der Waals surface area contributed by atoms with Gasteiger partial charge in [0, 0.05) is 40.7 Å². The Labute approximate surface area is 176 Å². The third-order valence-electron chi connectivity index (χ3n) is 5.20. The van der Waals surface area contributed by atoms with Crippen LogP contribution in [0.3, 0.4) is 0 Å². The predicted octanol–water partition coefficient (Wildman–Crippen LogP) is 4.27. The number of carbonyl (C=O) groups is 1. The standard InChI is InChI=1S/C22H16ClF2N3O2/c1-11(12-4-3-5-27-9-12)18-7-14-20(30-10-22(14,2)21(26)29)19(28-18)13-6-15(23)17(25)8-16(13)24/h3-9H,1,10H2,2H3,(H2,26,29)/t22-/m0/s1. The van der Waals surface area contributed by atoms with Gasteiger partial charge in [0.2, 0.25) is 5.91 Å². The maximum Gasteiger partial charge on any atom is 0.231 e. The molecule has 8 heteroatoms. The maximum absolute atomic E-state index is 14.7. The Morgan fingerprint density at radius 1 is 1.30 bits per heavy atom. The maximum atomic E-state index is 14.7. The van der Waals surface area contributed by atoms with E-state index >= 15 is 0 Å². The summed E-state index contributed by atoms with van der Waals surface area (Å²) in [7, 11) is 0. The molecule has 4 rings (SSSR count). The minimum atomic E-state index is -1.16. The molecule has 0 saturated carbocycles. The molecule has 5 nitrogen and oxygen atoms in total. The Morgan fingerprint density at radius 2 is 2.07 bits per heavy atom. The Morgan fingerprint density at radius 3 is 2.73 bits per heavy atom. The highest BCUT2D eigenvalue weighted by atomic mass is 35.5. The van der Waals surface area contributed by atoms with Crippen molar-refractivity contribution in [1.82, 2.24) is 9.97 Å². The van der Waals surface area contributed by atoms with Gasteiger partial charge >= 0.3 is 0 Å². The van der Waals surface area contributed by atoms with Crippen molar-refractivity contribution >= 4 is 23.1 Å². The van der Waals surface area contributed by atoms with E-state index in [1.54, 1.807) is 37.5 Å². The Bertz CT molecular complexity index is 1200. The summed E-state index contributed by atoms with van der Waals surface area (Å²) in [6.07, 6.45) is 3.22. The SMILES string of the molecule is C=C(c1cccnc1)c1cc2c(c(-c3cc(Cl)c(F)cc3F)n1)OC[C@]2(C)C(N)=O. The number of carbonyl (C=O) groups excluding carboxylic acids is 1. The summed E-state index contributed by atoms with van der Waals surface area (Å²) >= 11 is 5.88. The molecule has 3 heterocycles. The van der Waals surface area contributed by atoms with Crippen LogP contribution in [0.1, 0.15) is 23.7 Å². The van der Waals surface area contributed by atoms with Crippen LogP contribution in [0.2, 0.25) is 5.02 Å². The quantitative estimate of drug-likeness (QED) is 0.631. The van der Waals surface area contributed by atoms with Gasteiger partial charge in [0.1, 0.15) is 35.1 Å². The first-order chi connectivity index (χ1) is 14.2. The van der Waals surface area contributed by atoms with Crippen molar-refractivity contribution in [3.05, 3.63) is 82.8 Å². The number of ether oxygens (including phenoxy) is 1. The van der Waals surface area contributed by atoms with Gasteiger partial charge in [-0.2, -0.15) is 0 Å². The first-order valence-corrected chi connectivity index (χ1v) is 9.33. The second kappa shape index (κ2) is 7.18. The van der Waals surface area contributed by atoms with E-state index in [1.807, 2.05) is 0 Å². The number of pyridine rings is 2.